The fourth-order valence-corrected chi connectivity index (χ4v) is 5.67. The molecule has 3 rings (SSSR count). The standard InChI is InChI=1S/C29H44/c1-4-5-6-9-24-11-15-26(16-12-24)28-19-21-29(22-20-28)27-17-13-25(14-18-27)10-7-8-23(2)3/h7-8,10-12,15-16,25,27-29H,4-6,9,13-14,17-22H2,1-3H3. The maximum absolute atomic E-state index is 2.46. The van der Waals surface area contributed by atoms with Crippen LogP contribution in [0, 0.1) is 17.8 Å². The van der Waals surface area contributed by atoms with Crippen molar-refractivity contribution in [3.63, 3.8) is 0 Å². The molecule has 29 heavy (non-hydrogen) atoms. The second kappa shape index (κ2) is 11.8. The van der Waals surface area contributed by atoms with Crippen LogP contribution >= 0.6 is 0 Å². The molecule has 0 amide bonds. The van der Waals surface area contributed by atoms with E-state index in [4.69, 9.17) is 0 Å². The van der Waals surface area contributed by atoms with Crippen LogP contribution in [0.1, 0.15) is 108 Å². The van der Waals surface area contributed by atoms with Crippen LogP contribution in [0.15, 0.2) is 48.1 Å². The van der Waals surface area contributed by atoms with Gasteiger partial charge < -0.3 is 0 Å². The second-order valence-electron chi connectivity index (χ2n) is 10.1. The van der Waals surface area contributed by atoms with Crippen LogP contribution in [0.4, 0.5) is 0 Å². The summed E-state index contributed by atoms with van der Waals surface area (Å²) in [5.41, 5.74) is 4.54. The quantitative estimate of drug-likeness (QED) is 0.306. The van der Waals surface area contributed by atoms with Crippen molar-refractivity contribution in [3.8, 4) is 0 Å². The molecule has 0 radical (unpaired) electrons. The Morgan fingerprint density at radius 2 is 1.45 bits per heavy atom. The Morgan fingerprint density at radius 3 is 2.03 bits per heavy atom. The zero-order chi connectivity index (χ0) is 20.5. The molecule has 0 nitrogen and oxygen atoms in total. The fourth-order valence-electron chi connectivity index (χ4n) is 5.67. The van der Waals surface area contributed by atoms with Crippen molar-refractivity contribution < 1.29 is 0 Å². The topological polar surface area (TPSA) is 0 Å². The van der Waals surface area contributed by atoms with Gasteiger partial charge in [0.15, 0.2) is 0 Å². The number of allylic oxidation sites excluding steroid dienone is 4. The number of rotatable bonds is 8. The first-order valence-corrected chi connectivity index (χ1v) is 12.6. The smallest absolute Gasteiger partial charge is 0.0162 e. The van der Waals surface area contributed by atoms with E-state index in [0.29, 0.717) is 0 Å². The van der Waals surface area contributed by atoms with Gasteiger partial charge in [0.05, 0.1) is 0 Å². The SMILES string of the molecule is CCCCCc1ccc(C2CCC(C3CCC(C=CC=C(C)C)CC3)CC2)cc1. The van der Waals surface area contributed by atoms with Gasteiger partial charge in [0, 0.05) is 0 Å². The van der Waals surface area contributed by atoms with Gasteiger partial charge in [-0.05, 0) is 113 Å². The average Bonchev–Trinajstić information content (AvgIpc) is 2.75. The highest BCUT2D eigenvalue weighted by molar-refractivity contribution is 5.26. The molecular weight excluding hydrogens is 348 g/mol. The highest BCUT2D eigenvalue weighted by Gasteiger charge is 2.30. The normalized spacial score (nSPS) is 27.8. The van der Waals surface area contributed by atoms with Crippen molar-refractivity contribution in [2.45, 2.75) is 104 Å². The molecule has 160 valence electrons. The van der Waals surface area contributed by atoms with Crippen molar-refractivity contribution in [2.75, 3.05) is 0 Å². The van der Waals surface area contributed by atoms with Gasteiger partial charge in [-0.1, -0.05) is 67.8 Å². The molecule has 2 saturated carbocycles. The molecule has 0 unspecified atom stereocenters. The van der Waals surface area contributed by atoms with Gasteiger partial charge in [0.1, 0.15) is 0 Å². The molecule has 1 aromatic rings. The molecule has 0 atom stereocenters. The monoisotopic (exact) mass is 392 g/mol. The summed E-state index contributed by atoms with van der Waals surface area (Å²) in [6.45, 7) is 6.65. The summed E-state index contributed by atoms with van der Waals surface area (Å²) in [7, 11) is 0. The number of hydrogen-bond acceptors (Lipinski definition) is 0. The van der Waals surface area contributed by atoms with Crippen LogP contribution in [-0.4, -0.2) is 0 Å². The lowest BCUT2D eigenvalue weighted by Crippen LogP contribution is -2.25. The first-order chi connectivity index (χ1) is 14.2. The third-order valence-corrected chi connectivity index (χ3v) is 7.59. The molecule has 0 saturated heterocycles. The third-order valence-electron chi connectivity index (χ3n) is 7.59. The number of benzene rings is 1. The van der Waals surface area contributed by atoms with Crippen molar-refractivity contribution in [1.82, 2.24) is 0 Å². The lowest BCUT2D eigenvalue weighted by molar-refractivity contribution is 0.171. The summed E-state index contributed by atoms with van der Waals surface area (Å²) in [4.78, 5) is 0. The Balaban J connectivity index is 1.40. The van der Waals surface area contributed by atoms with Crippen LogP contribution in [-0.2, 0) is 6.42 Å². The van der Waals surface area contributed by atoms with Gasteiger partial charge in [-0.3, -0.25) is 0 Å². The van der Waals surface area contributed by atoms with E-state index in [1.54, 1.807) is 5.56 Å². The fraction of sp³-hybridized carbons (Fsp3) is 0.655. The Kier molecular flexibility index (Phi) is 9.09. The van der Waals surface area contributed by atoms with E-state index in [0.717, 1.165) is 23.7 Å². The van der Waals surface area contributed by atoms with Crippen LogP contribution in [0.3, 0.4) is 0 Å². The van der Waals surface area contributed by atoms with Gasteiger partial charge in [-0.25, -0.2) is 0 Å². The molecule has 2 fully saturated rings. The Hall–Kier alpha value is -1.30. The van der Waals surface area contributed by atoms with E-state index >= 15 is 0 Å². The van der Waals surface area contributed by atoms with E-state index in [1.807, 2.05) is 0 Å². The molecule has 0 N–H and O–H groups in total. The molecule has 0 aromatic heterocycles. The van der Waals surface area contributed by atoms with Gasteiger partial charge in [-0.15, -0.1) is 0 Å². The number of aryl methyl sites for hydroxylation is 1. The second-order valence-corrected chi connectivity index (χ2v) is 10.1. The summed E-state index contributed by atoms with van der Waals surface area (Å²) < 4.78 is 0. The summed E-state index contributed by atoms with van der Waals surface area (Å²) in [6.07, 6.45) is 23.8. The molecule has 2 aliphatic carbocycles. The number of unbranched alkanes of at least 4 members (excludes halogenated alkanes) is 2. The van der Waals surface area contributed by atoms with E-state index in [-0.39, 0.29) is 0 Å². The first-order valence-electron chi connectivity index (χ1n) is 12.6. The maximum Gasteiger partial charge on any atom is -0.0162 e. The van der Waals surface area contributed by atoms with Gasteiger partial charge in [0.2, 0.25) is 0 Å². The molecule has 0 heteroatoms. The third kappa shape index (κ3) is 7.16. The van der Waals surface area contributed by atoms with Crippen LogP contribution in [0.2, 0.25) is 0 Å². The Morgan fingerprint density at radius 1 is 0.828 bits per heavy atom. The first kappa shape index (κ1) is 22.4. The minimum atomic E-state index is 0.819. The molecule has 2 aliphatic rings. The van der Waals surface area contributed by atoms with Crippen LogP contribution < -0.4 is 0 Å². The largest absolute Gasteiger partial charge is 0.0814 e. The molecule has 0 aliphatic heterocycles. The average molecular weight is 393 g/mol. The minimum absolute atomic E-state index is 0.819. The van der Waals surface area contributed by atoms with E-state index in [1.165, 1.54) is 88.2 Å². The zero-order valence-corrected chi connectivity index (χ0v) is 19.3. The van der Waals surface area contributed by atoms with E-state index in [9.17, 15) is 0 Å². The zero-order valence-electron chi connectivity index (χ0n) is 19.3. The van der Waals surface area contributed by atoms with E-state index < -0.39 is 0 Å². The van der Waals surface area contributed by atoms with Crippen LogP contribution in [0.25, 0.3) is 0 Å². The van der Waals surface area contributed by atoms with Gasteiger partial charge >= 0.3 is 0 Å². The van der Waals surface area contributed by atoms with Crippen LogP contribution in [0.5, 0.6) is 0 Å². The summed E-state index contributed by atoms with van der Waals surface area (Å²) in [6, 6.07) is 9.69. The molecule has 0 heterocycles. The Labute approximate surface area is 180 Å². The van der Waals surface area contributed by atoms with Crippen molar-refractivity contribution in [3.05, 3.63) is 59.2 Å². The summed E-state index contributed by atoms with van der Waals surface area (Å²) >= 11 is 0. The van der Waals surface area contributed by atoms with E-state index in [2.05, 4.69) is 63.3 Å². The van der Waals surface area contributed by atoms with Crippen molar-refractivity contribution >= 4 is 0 Å². The number of hydrogen-bond donors (Lipinski definition) is 0. The highest BCUT2D eigenvalue weighted by atomic mass is 14.4. The van der Waals surface area contributed by atoms with Crippen molar-refractivity contribution in [1.29, 1.82) is 0 Å². The maximum atomic E-state index is 2.46. The lowest BCUT2D eigenvalue weighted by Gasteiger charge is -2.37. The lowest BCUT2D eigenvalue weighted by atomic mass is 9.68. The minimum Gasteiger partial charge on any atom is -0.0814 e. The predicted octanol–water partition coefficient (Wildman–Crippen LogP) is 9.02. The molecule has 0 spiro atoms. The van der Waals surface area contributed by atoms with Gasteiger partial charge in [-0.2, -0.15) is 0 Å². The predicted molar refractivity (Wildman–Crippen MR) is 128 cm³/mol. The summed E-state index contributed by atoms with van der Waals surface area (Å²) in [5, 5.41) is 0. The molecule has 1 aromatic carbocycles. The van der Waals surface area contributed by atoms with Gasteiger partial charge in [0.25, 0.3) is 0 Å². The summed E-state index contributed by atoms with van der Waals surface area (Å²) in [5.74, 6) is 3.65. The molecule has 0 bridgehead atoms. The van der Waals surface area contributed by atoms with Crippen molar-refractivity contribution in [2.24, 2.45) is 17.8 Å². The molecular formula is C29H44. The Bertz CT molecular complexity index is 627. The highest BCUT2D eigenvalue weighted by Crippen LogP contribution is 2.44.